The van der Waals surface area contributed by atoms with Crippen molar-refractivity contribution in [2.75, 3.05) is 13.1 Å². The summed E-state index contributed by atoms with van der Waals surface area (Å²) < 4.78 is 13.2. The van der Waals surface area contributed by atoms with Crippen LogP contribution in [0.5, 0.6) is 0 Å². The molecule has 1 amide bonds. The van der Waals surface area contributed by atoms with E-state index in [1.54, 1.807) is 6.92 Å². The van der Waals surface area contributed by atoms with Gasteiger partial charge in [-0.2, -0.15) is 10.5 Å². The van der Waals surface area contributed by atoms with Gasteiger partial charge >= 0.3 is 0 Å². The molecule has 0 saturated heterocycles. The summed E-state index contributed by atoms with van der Waals surface area (Å²) in [6.07, 6.45) is 0.411. The Kier molecular flexibility index (Phi) is 5.50. The highest BCUT2D eigenvalue weighted by atomic mass is 19.1. The van der Waals surface area contributed by atoms with Gasteiger partial charge in [0.1, 0.15) is 5.82 Å². The van der Waals surface area contributed by atoms with Gasteiger partial charge in [-0.1, -0.05) is 0 Å². The number of halogens is 1. The number of amides is 1. The minimum absolute atomic E-state index is 0.206. The van der Waals surface area contributed by atoms with Crippen LogP contribution < -0.4 is 0 Å². The first kappa shape index (κ1) is 14.7. The maximum absolute atomic E-state index is 13.2. The van der Waals surface area contributed by atoms with Crippen molar-refractivity contribution in [3.05, 3.63) is 35.1 Å². The summed E-state index contributed by atoms with van der Waals surface area (Å²) in [5.74, 6) is -0.647. The van der Waals surface area contributed by atoms with Crippen LogP contribution in [0.2, 0.25) is 0 Å². The molecule has 0 aliphatic heterocycles. The molecule has 0 atom stereocenters. The zero-order chi connectivity index (χ0) is 14.3. The average molecular weight is 259 g/mol. The van der Waals surface area contributed by atoms with Crippen LogP contribution in [0.1, 0.15) is 28.8 Å². The molecule has 98 valence electrons. The summed E-state index contributed by atoms with van der Waals surface area (Å²) in [5.41, 5.74) is 0.765. The third-order valence-electron chi connectivity index (χ3n) is 2.68. The Labute approximate surface area is 111 Å². The van der Waals surface area contributed by atoms with Gasteiger partial charge < -0.3 is 4.90 Å². The highest BCUT2D eigenvalue weighted by Crippen LogP contribution is 2.12. The minimum atomic E-state index is -0.364. The topological polar surface area (TPSA) is 67.9 Å². The van der Waals surface area contributed by atoms with Gasteiger partial charge in [-0.15, -0.1) is 0 Å². The van der Waals surface area contributed by atoms with Crippen molar-refractivity contribution in [3.63, 3.8) is 0 Å². The Hall–Kier alpha value is -2.40. The van der Waals surface area contributed by atoms with Crippen molar-refractivity contribution >= 4 is 5.91 Å². The summed E-state index contributed by atoms with van der Waals surface area (Å²) >= 11 is 0. The molecule has 4 nitrogen and oxygen atoms in total. The fourth-order valence-electron chi connectivity index (χ4n) is 1.65. The van der Waals surface area contributed by atoms with Crippen LogP contribution in [0.15, 0.2) is 18.2 Å². The zero-order valence-corrected chi connectivity index (χ0v) is 10.7. The third-order valence-corrected chi connectivity index (χ3v) is 2.68. The number of aryl methyl sites for hydroxylation is 1. The molecule has 0 radical (unpaired) electrons. The quantitative estimate of drug-likeness (QED) is 0.815. The first-order valence-corrected chi connectivity index (χ1v) is 5.89. The summed E-state index contributed by atoms with van der Waals surface area (Å²) in [5, 5.41) is 17.1. The Balaban J connectivity index is 2.88. The van der Waals surface area contributed by atoms with Gasteiger partial charge in [-0.3, -0.25) is 4.79 Å². The van der Waals surface area contributed by atoms with Gasteiger partial charge in [0.25, 0.3) is 5.91 Å². The first-order chi connectivity index (χ1) is 9.10. The first-order valence-electron chi connectivity index (χ1n) is 5.89. The van der Waals surface area contributed by atoms with Crippen LogP contribution in [0.3, 0.4) is 0 Å². The lowest BCUT2D eigenvalue weighted by Crippen LogP contribution is -2.32. The van der Waals surface area contributed by atoms with Crippen molar-refractivity contribution < 1.29 is 9.18 Å². The van der Waals surface area contributed by atoms with Gasteiger partial charge in [0.2, 0.25) is 0 Å². The molecule has 0 bridgehead atoms. The summed E-state index contributed by atoms with van der Waals surface area (Å²) in [6, 6.07) is 8.06. The van der Waals surface area contributed by atoms with Crippen LogP contribution in [-0.4, -0.2) is 23.9 Å². The Morgan fingerprint density at radius 1 is 1.26 bits per heavy atom. The second kappa shape index (κ2) is 7.13. The van der Waals surface area contributed by atoms with Gasteiger partial charge in [0, 0.05) is 18.7 Å². The van der Waals surface area contributed by atoms with Crippen molar-refractivity contribution in [1.29, 1.82) is 10.5 Å². The molecule has 0 unspecified atom stereocenters. The van der Waals surface area contributed by atoms with Crippen LogP contribution in [-0.2, 0) is 0 Å². The SMILES string of the molecule is Cc1cc(C(=O)N(CCC#N)CCC#N)ccc1F. The summed E-state index contributed by atoms with van der Waals surface area (Å²) in [4.78, 5) is 13.6. The predicted octanol–water partition coefficient (Wildman–Crippen LogP) is 2.40. The fourth-order valence-corrected chi connectivity index (χ4v) is 1.65. The van der Waals surface area contributed by atoms with E-state index in [4.69, 9.17) is 10.5 Å². The standard InChI is InChI=1S/C14H14FN3O/c1-11-10-12(4-5-13(11)15)14(19)18(8-2-6-16)9-3-7-17/h4-5,10H,2-3,8-9H2,1H3. The molecule has 0 heterocycles. The molecule has 0 N–H and O–H groups in total. The van der Waals surface area contributed by atoms with Crippen LogP contribution in [0, 0.1) is 35.4 Å². The molecule has 1 rings (SSSR count). The number of hydrogen-bond donors (Lipinski definition) is 0. The van der Waals surface area contributed by atoms with Gasteiger partial charge in [-0.25, -0.2) is 4.39 Å². The highest BCUT2D eigenvalue weighted by molar-refractivity contribution is 5.94. The average Bonchev–Trinajstić information content (AvgIpc) is 2.41. The molecule has 1 aromatic rings. The number of carbonyl (C=O) groups excluding carboxylic acids is 1. The lowest BCUT2D eigenvalue weighted by atomic mass is 10.1. The second-order valence-electron chi connectivity index (χ2n) is 4.07. The lowest BCUT2D eigenvalue weighted by Gasteiger charge is -2.20. The molecule has 1 aromatic carbocycles. The molecule has 0 aliphatic rings. The Bertz CT molecular complexity index is 525. The van der Waals surface area contributed by atoms with Crippen LogP contribution in [0.4, 0.5) is 4.39 Å². The van der Waals surface area contributed by atoms with Crippen molar-refractivity contribution in [2.45, 2.75) is 19.8 Å². The number of hydrogen-bond acceptors (Lipinski definition) is 3. The molecule has 0 aliphatic carbocycles. The molecule has 0 spiro atoms. The number of carbonyl (C=O) groups is 1. The maximum Gasteiger partial charge on any atom is 0.253 e. The van der Waals surface area contributed by atoms with E-state index in [1.807, 2.05) is 12.1 Å². The van der Waals surface area contributed by atoms with Crippen molar-refractivity contribution in [1.82, 2.24) is 4.90 Å². The highest BCUT2D eigenvalue weighted by Gasteiger charge is 2.16. The van der Waals surface area contributed by atoms with Gasteiger partial charge in [0.15, 0.2) is 0 Å². The molecular formula is C14H14FN3O. The van der Waals surface area contributed by atoms with E-state index in [0.717, 1.165) is 0 Å². The normalized spacial score (nSPS) is 9.47. The molecule has 19 heavy (non-hydrogen) atoms. The van der Waals surface area contributed by atoms with Crippen LogP contribution in [0.25, 0.3) is 0 Å². The van der Waals surface area contributed by atoms with Crippen LogP contribution >= 0.6 is 0 Å². The van der Waals surface area contributed by atoms with E-state index in [9.17, 15) is 9.18 Å². The number of nitrogens with zero attached hydrogens (tertiary/aromatic N) is 3. The summed E-state index contributed by atoms with van der Waals surface area (Å²) in [6.45, 7) is 2.13. The van der Waals surface area contributed by atoms with E-state index in [2.05, 4.69) is 0 Å². The smallest absolute Gasteiger partial charge is 0.253 e. The number of nitriles is 2. The molecule has 0 aromatic heterocycles. The zero-order valence-electron chi connectivity index (χ0n) is 10.7. The maximum atomic E-state index is 13.2. The van der Waals surface area contributed by atoms with E-state index < -0.39 is 0 Å². The minimum Gasteiger partial charge on any atom is -0.337 e. The van der Waals surface area contributed by atoms with E-state index in [1.165, 1.54) is 23.1 Å². The largest absolute Gasteiger partial charge is 0.337 e. The Morgan fingerprint density at radius 3 is 2.32 bits per heavy atom. The lowest BCUT2D eigenvalue weighted by molar-refractivity contribution is 0.0762. The van der Waals surface area contributed by atoms with E-state index in [-0.39, 0.29) is 37.7 Å². The number of benzene rings is 1. The van der Waals surface area contributed by atoms with E-state index in [0.29, 0.717) is 11.1 Å². The van der Waals surface area contributed by atoms with E-state index >= 15 is 0 Å². The molecule has 0 fully saturated rings. The van der Waals surface area contributed by atoms with Gasteiger partial charge in [-0.05, 0) is 30.7 Å². The third kappa shape index (κ3) is 4.08. The van der Waals surface area contributed by atoms with Crippen molar-refractivity contribution in [2.24, 2.45) is 0 Å². The molecular weight excluding hydrogens is 245 g/mol. The summed E-state index contributed by atoms with van der Waals surface area (Å²) in [7, 11) is 0. The monoisotopic (exact) mass is 259 g/mol. The van der Waals surface area contributed by atoms with Crippen molar-refractivity contribution in [3.8, 4) is 12.1 Å². The molecule has 0 saturated carbocycles. The fraction of sp³-hybridized carbons (Fsp3) is 0.357. The number of rotatable bonds is 5. The van der Waals surface area contributed by atoms with Gasteiger partial charge in [0.05, 0.1) is 25.0 Å². The second-order valence-corrected chi connectivity index (χ2v) is 4.07. The molecule has 5 heteroatoms. The Morgan fingerprint density at radius 2 is 1.84 bits per heavy atom. The predicted molar refractivity (Wildman–Crippen MR) is 67.5 cm³/mol.